The van der Waals surface area contributed by atoms with E-state index in [1.165, 1.54) is 0 Å². The number of carboxylic acids is 1. The van der Waals surface area contributed by atoms with E-state index < -0.39 is 5.97 Å². The van der Waals surface area contributed by atoms with Crippen LogP contribution in [0.25, 0.3) is 11.1 Å². The van der Waals surface area contributed by atoms with Gasteiger partial charge in [-0.05, 0) is 18.1 Å². The molecule has 0 saturated carbocycles. The fraction of sp³-hybridized carbons (Fsp3) is 0.312. The Labute approximate surface area is 128 Å². The lowest BCUT2D eigenvalue weighted by Crippen LogP contribution is -2.09. The van der Waals surface area contributed by atoms with Crippen molar-refractivity contribution in [3.63, 3.8) is 0 Å². The van der Waals surface area contributed by atoms with Crippen LogP contribution >= 0.6 is 0 Å². The van der Waals surface area contributed by atoms with Crippen LogP contribution in [0.2, 0.25) is 0 Å². The summed E-state index contributed by atoms with van der Waals surface area (Å²) in [6.07, 6.45) is 3.79. The topological polar surface area (TPSA) is 81.4 Å². The quantitative estimate of drug-likeness (QED) is 0.792. The van der Waals surface area contributed by atoms with Crippen LogP contribution in [0.5, 0.6) is 0 Å². The van der Waals surface area contributed by atoms with Gasteiger partial charge in [0, 0.05) is 11.8 Å². The molecule has 2 rings (SSSR count). The summed E-state index contributed by atoms with van der Waals surface area (Å²) in [4.78, 5) is 22.1. The van der Waals surface area contributed by atoms with Crippen molar-refractivity contribution in [1.29, 1.82) is 0 Å². The van der Waals surface area contributed by atoms with Gasteiger partial charge in [-0.15, -0.1) is 0 Å². The molecule has 1 aromatic carbocycles. The number of aromatic nitrogens is 2. The summed E-state index contributed by atoms with van der Waals surface area (Å²) < 4.78 is 6.55. The smallest absolute Gasteiger partial charge is 0.307 e. The molecule has 2 aromatic rings. The molecule has 1 N–H and O–H groups in total. The molecule has 0 radical (unpaired) electrons. The summed E-state index contributed by atoms with van der Waals surface area (Å²) >= 11 is 0. The van der Waals surface area contributed by atoms with E-state index in [9.17, 15) is 9.59 Å². The van der Waals surface area contributed by atoms with E-state index in [2.05, 4.69) is 5.10 Å². The lowest BCUT2D eigenvalue weighted by Gasteiger charge is -2.02. The van der Waals surface area contributed by atoms with E-state index in [4.69, 9.17) is 9.84 Å². The number of benzene rings is 1. The predicted octanol–water partition coefficient (Wildman–Crippen LogP) is 2.13. The Balaban J connectivity index is 2.04. The number of ether oxygens (including phenoxy) is 1. The third-order valence-electron chi connectivity index (χ3n) is 3.10. The van der Waals surface area contributed by atoms with Crippen LogP contribution in [-0.2, 0) is 27.3 Å². The van der Waals surface area contributed by atoms with Gasteiger partial charge in [0.1, 0.15) is 0 Å². The highest BCUT2D eigenvalue weighted by Crippen LogP contribution is 2.20. The molecule has 0 unspecified atom stereocenters. The minimum Gasteiger partial charge on any atom is -0.481 e. The molecule has 0 aliphatic heterocycles. The van der Waals surface area contributed by atoms with Crippen molar-refractivity contribution in [2.45, 2.75) is 26.3 Å². The van der Waals surface area contributed by atoms with Gasteiger partial charge in [0.2, 0.25) is 0 Å². The summed E-state index contributed by atoms with van der Waals surface area (Å²) in [5.74, 6) is -1.11. The number of nitrogens with zero attached hydrogens (tertiary/aromatic N) is 2. The molecule has 0 fully saturated rings. The molecule has 116 valence electrons. The van der Waals surface area contributed by atoms with Gasteiger partial charge in [0.05, 0.1) is 32.2 Å². The standard InChI is InChI=1S/C16H18N2O4/c1-2-22-16(21)6-7-18-11-14(10-17-18)13-5-3-4-12(8-13)9-15(19)20/h3-5,8,10-11H,2,6-7,9H2,1H3,(H,19,20). The number of carbonyl (C=O) groups excluding carboxylic acids is 1. The van der Waals surface area contributed by atoms with E-state index in [1.54, 1.807) is 23.9 Å². The molecule has 1 aromatic heterocycles. The molecule has 0 spiro atoms. The van der Waals surface area contributed by atoms with Gasteiger partial charge < -0.3 is 9.84 Å². The van der Waals surface area contributed by atoms with Crippen LogP contribution in [-0.4, -0.2) is 33.4 Å². The fourth-order valence-electron chi connectivity index (χ4n) is 2.11. The first-order valence-corrected chi connectivity index (χ1v) is 7.07. The van der Waals surface area contributed by atoms with E-state index in [0.717, 1.165) is 16.7 Å². The Morgan fingerprint density at radius 3 is 2.86 bits per heavy atom. The number of hydrogen-bond acceptors (Lipinski definition) is 4. The second-order valence-corrected chi connectivity index (χ2v) is 4.82. The Hall–Kier alpha value is -2.63. The van der Waals surface area contributed by atoms with Crippen molar-refractivity contribution in [1.82, 2.24) is 9.78 Å². The highest BCUT2D eigenvalue weighted by Gasteiger charge is 2.07. The number of esters is 1. The third kappa shape index (κ3) is 4.44. The van der Waals surface area contributed by atoms with E-state index in [1.807, 2.05) is 24.4 Å². The lowest BCUT2D eigenvalue weighted by molar-refractivity contribution is -0.143. The van der Waals surface area contributed by atoms with Gasteiger partial charge in [-0.3, -0.25) is 14.3 Å². The molecule has 6 heteroatoms. The maximum atomic E-state index is 11.3. The van der Waals surface area contributed by atoms with Gasteiger partial charge in [0.15, 0.2) is 0 Å². The van der Waals surface area contributed by atoms with Crippen LogP contribution in [0.3, 0.4) is 0 Å². The average molecular weight is 302 g/mol. The van der Waals surface area contributed by atoms with E-state index in [-0.39, 0.29) is 18.8 Å². The lowest BCUT2D eigenvalue weighted by atomic mass is 10.0. The molecule has 22 heavy (non-hydrogen) atoms. The SMILES string of the molecule is CCOC(=O)CCn1cc(-c2cccc(CC(=O)O)c2)cn1. The Bertz CT molecular complexity index is 664. The molecule has 0 atom stereocenters. The van der Waals surface area contributed by atoms with Crippen LogP contribution < -0.4 is 0 Å². The second kappa shape index (κ2) is 7.40. The average Bonchev–Trinajstić information content (AvgIpc) is 2.94. The summed E-state index contributed by atoms with van der Waals surface area (Å²) in [6.45, 7) is 2.60. The maximum absolute atomic E-state index is 11.3. The number of carboxylic acid groups (broad SMARTS) is 1. The number of hydrogen-bond donors (Lipinski definition) is 1. The van der Waals surface area contributed by atoms with Crippen LogP contribution in [0, 0.1) is 0 Å². The van der Waals surface area contributed by atoms with Gasteiger partial charge in [-0.2, -0.15) is 5.10 Å². The fourth-order valence-corrected chi connectivity index (χ4v) is 2.11. The predicted molar refractivity (Wildman–Crippen MR) is 80.3 cm³/mol. The third-order valence-corrected chi connectivity index (χ3v) is 3.10. The molecular formula is C16H18N2O4. The number of rotatable bonds is 7. The molecule has 0 amide bonds. The molecule has 6 nitrogen and oxygen atoms in total. The Morgan fingerprint density at radius 2 is 2.14 bits per heavy atom. The summed E-state index contributed by atoms with van der Waals surface area (Å²) in [5, 5.41) is 13.0. The van der Waals surface area contributed by atoms with Gasteiger partial charge in [-0.1, -0.05) is 24.3 Å². The van der Waals surface area contributed by atoms with Gasteiger partial charge >= 0.3 is 11.9 Å². The zero-order chi connectivity index (χ0) is 15.9. The van der Waals surface area contributed by atoms with Crippen molar-refractivity contribution < 1.29 is 19.4 Å². The summed E-state index contributed by atoms with van der Waals surface area (Å²) in [5.41, 5.74) is 2.53. The monoisotopic (exact) mass is 302 g/mol. The van der Waals surface area contributed by atoms with Crippen molar-refractivity contribution in [3.8, 4) is 11.1 Å². The number of aryl methyl sites for hydroxylation is 1. The largest absolute Gasteiger partial charge is 0.481 e. The molecule has 0 aliphatic rings. The minimum absolute atomic E-state index is 0.00909. The zero-order valence-electron chi connectivity index (χ0n) is 12.4. The molecule has 0 saturated heterocycles. The van der Waals surface area contributed by atoms with E-state index >= 15 is 0 Å². The first kappa shape index (κ1) is 15.8. The summed E-state index contributed by atoms with van der Waals surface area (Å²) in [7, 11) is 0. The van der Waals surface area contributed by atoms with Crippen molar-refractivity contribution in [2.24, 2.45) is 0 Å². The normalized spacial score (nSPS) is 10.4. The van der Waals surface area contributed by atoms with E-state index in [0.29, 0.717) is 13.2 Å². The second-order valence-electron chi connectivity index (χ2n) is 4.82. The number of carbonyl (C=O) groups is 2. The Kier molecular flexibility index (Phi) is 5.30. The van der Waals surface area contributed by atoms with Crippen molar-refractivity contribution in [2.75, 3.05) is 6.61 Å². The van der Waals surface area contributed by atoms with Crippen molar-refractivity contribution >= 4 is 11.9 Å². The molecule has 1 heterocycles. The highest BCUT2D eigenvalue weighted by atomic mass is 16.5. The van der Waals surface area contributed by atoms with Crippen LogP contribution in [0.4, 0.5) is 0 Å². The van der Waals surface area contributed by atoms with Crippen LogP contribution in [0.15, 0.2) is 36.7 Å². The maximum Gasteiger partial charge on any atom is 0.307 e. The minimum atomic E-state index is -0.859. The first-order valence-electron chi connectivity index (χ1n) is 7.07. The highest BCUT2D eigenvalue weighted by molar-refractivity contribution is 5.72. The molecule has 0 bridgehead atoms. The van der Waals surface area contributed by atoms with Crippen LogP contribution in [0.1, 0.15) is 18.9 Å². The molecular weight excluding hydrogens is 284 g/mol. The number of aliphatic carboxylic acids is 1. The molecule has 0 aliphatic carbocycles. The van der Waals surface area contributed by atoms with Gasteiger partial charge in [0.25, 0.3) is 0 Å². The van der Waals surface area contributed by atoms with Crippen molar-refractivity contribution in [3.05, 3.63) is 42.2 Å². The zero-order valence-corrected chi connectivity index (χ0v) is 12.4. The summed E-state index contributed by atoms with van der Waals surface area (Å²) in [6, 6.07) is 7.34. The first-order chi connectivity index (χ1) is 10.6. The van der Waals surface area contributed by atoms with Gasteiger partial charge in [-0.25, -0.2) is 0 Å². The Morgan fingerprint density at radius 1 is 1.32 bits per heavy atom.